The first kappa shape index (κ1) is 16.9. The van der Waals surface area contributed by atoms with E-state index in [-0.39, 0.29) is 18.7 Å². The number of aliphatic carboxylic acids is 1. The summed E-state index contributed by atoms with van der Waals surface area (Å²) in [6, 6.07) is 7.93. The standard InChI is InChI=1S/C18H15F2NO4/c1-25-14-7-6-12(19)16(20)15(14)17(22)21-9-11-5-3-2-4-10(11)8-13(21)18(23)24/h2-7,13H,8-9H2,1H3,(H,23,24)/t13-/m1/s1. The molecule has 0 aromatic heterocycles. The second-order valence-electron chi connectivity index (χ2n) is 5.70. The Labute approximate surface area is 142 Å². The van der Waals surface area contributed by atoms with Gasteiger partial charge in [-0.15, -0.1) is 0 Å². The van der Waals surface area contributed by atoms with Crippen molar-refractivity contribution in [1.29, 1.82) is 0 Å². The molecule has 1 N–H and O–H groups in total. The van der Waals surface area contributed by atoms with Crippen LogP contribution in [0.3, 0.4) is 0 Å². The first-order valence-electron chi connectivity index (χ1n) is 7.56. The summed E-state index contributed by atoms with van der Waals surface area (Å²) in [5, 5.41) is 9.49. The number of hydrogen-bond acceptors (Lipinski definition) is 3. The van der Waals surface area contributed by atoms with Gasteiger partial charge in [0.1, 0.15) is 17.4 Å². The van der Waals surface area contributed by atoms with Crippen LogP contribution in [0.25, 0.3) is 0 Å². The molecule has 1 amide bonds. The fourth-order valence-corrected chi connectivity index (χ4v) is 3.00. The van der Waals surface area contributed by atoms with Crippen molar-refractivity contribution in [2.24, 2.45) is 0 Å². The van der Waals surface area contributed by atoms with Gasteiger partial charge < -0.3 is 14.7 Å². The second-order valence-corrected chi connectivity index (χ2v) is 5.70. The molecule has 5 nitrogen and oxygen atoms in total. The number of methoxy groups -OCH3 is 1. The molecule has 0 saturated heterocycles. The van der Waals surface area contributed by atoms with Crippen LogP contribution in [0.5, 0.6) is 5.75 Å². The Morgan fingerprint density at radius 1 is 1.16 bits per heavy atom. The van der Waals surface area contributed by atoms with Gasteiger partial charge in [-0.3, -0.25) is 4.79 Å². The van der Waals surface area contributed by atoms with Crippen molar-refractivity contribution in [3.05, 3.63) is 64.7 Å². The topological polar surface area (TPSA) is 66.8 Å². The maximum Gasteiger partial charge on any atom is 0.326 e. The molecule has 1 heterocycles. The highest BCUT2D eigenvalue weighted by atomic mass is 19.2. The fraction of sp³-hybridized carbons (Fsp3) is 0.222. The number of carbonyl (C=O) groups is 2. The highest BCUT2D eigenvalue weighted by molar-refractivity contribution is 5.99. The molecule has 1 aliphatic heterocycles. The number of hydrogen-bond donors (Lipinski definition) is 1. The van der Waals surface area contributed by atoms with Gasteiger partial charge in [0.15, 0.2) is 11.6 Å². The summed E-state index contributed by atoms with van der Waals surface area (Å²) in [6.07, 6.45) is 0.0937. The van der Waals surface area contributed by atoms with E-state index in [9.17, 15) is 23.5 Å². The smallest absolute Gasteiger partial charge is 0.326 e. The highest BCUT2D eigenvalue weighted by Gasteiger charge is 2.37. The van der Waals surface area contributed by atoms with Crippen molar-refractivity contribution < 1.29 is 28.2 Å². The zero-order chi connectivity index (χ0) is 18.1. The molecule has 2 aromatic carbocycles. The van der Waals surface area contributed by atoms with E-state index in [0.717, 1.165) is 28.2 Å². The van der Waals surface area contributed by atoms with Crippen LogP contribution >= 0.6 is 0 Å². The molecule has 1 atom stereocenters. The number of carboxylic acid groups (broad SMARTS) is 1. The lowest BCUT2D eigenvalue weighted by molar-refractivity contribution is -0.142. The fourth-order valence-electron chi connectivity index (χ4n) is 3.00. The number of benzene rings is 2. The molecule has 0 saturated carbocycles. The molecule has 2 aromatic rings. The molecule has 0 bridgehead atoms. The third kappa shape index (κ3) is 2.93. The number of ether oxygens (including phenoxy) is 1. The molecule has 7 heteroatoms. The number of carboxylic acids is 1. The Hall–Kier alpha value is -2.96. The van der Waals surface area contributed by atoms with E-state index in [1.807, 2.05) is 0 Å². The maximum atomic E-state index is 14.2. The minimum atomic E-state index is -1.35. The predicted octanol–water partition coefficient (Wildman–Crippen LogP) is 2.63. The van der Waals surface area contributed by atoms with Crippen LogP contribution < -0.4 is 4.74 Å². The van der Waals surface area contributed by atoms with Crippen LogP contribution in [0.2, 0.25) is 0 Å². The third-order valence-corrected chi connectivity index (χ3v) is 4.28. The number of carbonyl (C=O) groups excluding carboxylic acids is 1. The third-order valence-electron chi connectivity index (χ3n) is 4.28. The van der Waals surface area contributed by atoms with E-state index >= 15 is 0 Å². The van der Waals surface area contributed by atoms with Crippen molar-refractivity contribution in [1.82, 2.24) is 4.90 Å². The Balaban J connectivity index is 2.07. The molecule has 1 aliphatic rings. The normalized spacial score (nSPS) is 16.3. The summed E-state index contributed by atoms with van der Waals surface area (Å²) >= 11 is 0. The molecule has 0 fully saturated rings. The summed E-state index contributed by atoms with van der Waals surface area (Å²) in [6.45, 7) is -0.00885. The van der Waals surface area contributed by atoms with Crippen molar-refractivity contribution in [2.45, 2.75) is 19.0 Å². The maximum absolute atomic E-state index is 14.2. The van der Waals surface area contributed by atoms with Crippen LogP contribution in [0.1, 0.15) is 21.5 Å². The molecule has 0 unspecified atom stereocenters. The van der Waals surface area contributed by atoms with Crippen molar-refractivity contribution in [3.8, 4) is 5.75 Å². The average Bonchev–Trinajstić information content (AvgIpc) is 2.62. The van der Waals surface area contributed by atoms with Crippen LogP contribution in [0, 0.1) is 11.6 Å². The Morgan fingerprint density at radius 3 is 2.48 bits per heavy atom. The molecular formula is C18H15F2NO4. The zero-order valence-corrected chi connectivity index (χ0v) is 13.3. The lowest BCUT2D eigenvalue weighted by Gasteiger charge is -2.34. The van der Waals surface area contributed by atoms with Crippen molar-refractivity contribution >= 4 is 11.9 Å². The van der Waals surface area contributed by atoms with Crippen molar-refractivity contribution in [3.63, 3.8) is 0 Å². The van der Waals surface area contributed by atoms with E-state index in [4.69, 9.17) is 4.74 Å². The largest absolute Gasteiger partial charge is 0.496 e. The first-order chi connectivity index (χ1) is 11.9. The van der Waals surface area contributed by atoms with Gasteiger partial charge in [0.2, 0.25) is 0 Å². The molecule has 0 spiro atoms. The highest BCUT2D eigenvalue weighted by Crippen LogP contribution is 2.30. The molecule has 3 rings (SSSR count). The lowest BCUT2D eigenvalue weighted by Crippen LogP contribution is -2.49. The molecular weight excluding hydrogens is 332 g/mol. The van der Waals surface area contributed by atoms with Gasteiger partial charge in [0.25, 0.3) is 5.91 Å². The van der Waals surface area contributed by atoms with Crippen LogP contribution in [0.15, 0.2) is 36.4 Å². The van der Waals surface area contributed by atoms with E-state index in [1.54, 1.807) is 24.3 Å². The van der Waals surface area contributed by atoms with E-state index in [2.05, 4.69) is 0 Å². The van der Waals surface area contributed by atoms with Gasteiger partial charge >= 0.3 is 5.97 Å². The van der Waals surface area contributed by atoms with Gasteiger partial charge in [-0.05, 0) is 23.3 Å². The van der Waals surface area contributed by atoms with Gasteiger partial charge in [0.05, 0.1) is 7.11 Å². The first-order valence-corrected chi connectivity index (χ1v) is 7.56. The van der Waals surface area contributed by atoms with Gasteiger partial charge in [0, 0.05) is 13.0 Å². The van der Waals surface area contributed by atoms with Crippen LogP contribution in [-0.2, 0) is 17.8 Å². The van der Waals surface area contributed by atoms with E-state index in [0.29, 0.717) is 0 Å². The van der Waals surface area contributed by atoms with Crippen LogP contribution in [-0.4, -0.2) is 35.0 Å². The van der Waals surface area contributed by atoms with Gasteiger partial charge in [-0.25, -0.2) is 13.6 Å². The van der Waals surface area contributed by atoms with E-state index < -0.39 is 35.1 Å². The summed E-state index contributed by atoms with van der Waals surface area (Å²) in [7, 11) is 1.23. The zero-order valence-electron chi connectivity index (χ0n) is 13.3. The van der Waals surface area contributed by atoms with E-state index in [1.165, 1.54) is 7.11 Å². The second kappa shape index (κ2) is 6.51. The monoisotopic (exact) mass is 347 g/mol. The molecule has 0 radical (unpaired) electrons. The number of amides is 1. The molecule has 0 aliphatic carbocycles. The minimum absolute atomic E-state index is 0.00885. The Kier molecular flexibility index (Phi) is 4.39. The van der Waals surface area contributed by atoms with Gasteiger partial charge in [-0.1, -0.05) is 24.3 Å². The Morgan fingerprint density at radius 2 is 1.84 bits per heavy atom. The predicted molar refractivity (Wildman–Crippen MR) is 84.4 cm³/mol. The number of rotatable bonds is 3. The van der Waals surface area contributed by atoms with Crippen LogP contribution in [0.4, 0.5) is 8.78 Å². The summed E-state index contributed by atoms with van der Waals surface area (Å²) in [5.41, 5.74) is 0.975. The number of fused-ring (bicyclic) bond motifs is 1. The lowest BCUT2D eigenvalue weighted by atomic mass is 9.93. The van der Waals surface area contributed by atoms with Gasteiger partial charge in [-0.2, -0.15) is 0 Å². The minimum Gasteiger partial charge on any atom is -0.496 e. The molecule has 130 valence electrons. The molecule has 25 heavy (non-hydrogen) atoms. The summed E-state index contributed by atoms with van der Waals surface area (Å²) in [4.78, 5) is 25.5. The SMILES string of the molecule is COc1ccc(F)c(F)c1C(=O)N1Cc2ccccc2C[C@@H]1C(=O)O. The quantitative estimate of drug-likeness (QED) is 0.927. The average molecular weight is 347 g/mol. The number of halogens is 2. The summed E-state index contributed by atoms with van der Waals surface area (Å²) < 4.78 is 32.8. The van der Waals surface area contributed by atoms with Crippen molar-refractivity contribution in [2.75, 3.05) is 7.11 Å². The summed E-state index contributed by atoms with van der Waals surface area (Å²) in [5.74, 6) is -4.83. The Bertz CT molecular complexity index is 853. The number of nitrogens with zero attached hydrogens (tertiary/aromatic N) is 1.